The highest BCUT2D eigenvalue weighted by atomic mass is 16.4. The number of carbonyl (C=O) groups excluding carboxylic acids is 1. The fourth-order valence-corrected chi connectivity index (χ4v) is 2.51. The molecule has 1 rings (SSSR count). The Morgan fingerprint density at radius 3 is 2.25 bits per heavy atom. The lowest BCUT2D eigenvalue weighted by Gasteiger charge is -2.33. The third-order valence-electron chi connectivity index (χ3n) is 3.87. The van der Waals surface area contributed by atoms with Crippen LogP contribution in [-0.2, 0) is 9.59 Å². The first-order valence-electron chi connectivity index (χ1n) is 7.06. The van der Waals surface area contributed by atoms with E-state index in [1.807, 2.05) is 32.9 Å². The van der Waals surface area contributed by atoms with Gasteiger partial charge >= 0.3 is 5.97 Å². The van der Waals surface area contributed by atoms with Crippen LogP contribution in [-0.4, -0.2) is 34.7 Å². The number of nitrogens with one attached hydrogen (secondary N) is 1. The summed E-state index contributed by atoms with van der Waals surface area (Å²) in [6, 6.07) is -0.166. The highest BCUT2D eigenvalue weighted by molar-refractivity contribution is 5.85. The Kier molecular flexibility index (Phi) is 5.74. The molecule has 1 aliphatic rings. The number of carbonyl (C=O) groups is 2. The lowest BCUT2D eigenvalue weighted by molar-refractivity contribution is -0.147. The van der Waals surface area contributed by atoms with Gasteiger partial charge in [-0.1, -0.05) is 32.9 Å². The second kappa shape index (κ2) is 6.88. The number of aliphatic hydroxyl groups excluding tert-OH is 1. The van der Waals surface area contributed by atoms with Crippen LogP contribution in [0.5, 0.6) is 0 Å². The van der Waals surface area contributed by atoms with Gasteiger partial charge in [0.05, 0.1) is 11.8 Å². The minimum atomic E-state index is -0.927. The van der Waals surface area contributed by atoms with E-state index in [1.54, 1.807) is 0 Å². The van der Waals surface area contributed by atoms with Crippen molar-refractivity contribution in [3.05, 3.63) is 12.2 Å². The zero-order chi connectivity index (χ0) is 15.3. The Bertz CT molecular complexity index is 384. The maximum absolute atomic E-state index is 12.4. The van der Waals surface area contributed by atoms with Crippen molar-refractivity contribution >= 4 is 11.9 Å². The minimum absolute atomic E-state index is 0.00482. The average Bonchev–Trinajstić information content (AvgIpc) is 2.37. The number of hydrogen-bond acceptors (Lipinski definition) is 3. The third-order valence-corrected chi connectivity index (χ3v) is 3.87. The molecule has 114 valence electrons. The van der Waals surface area contributed by atoms with E-state index in [9.17, 15) is 14.7 Å². The van der Waals surface area contributed by atoms with E-state index in [0.29, 0.717) is 19.3 Å². The van der Waals surface area contributed by atoms with Crippen molar-refractivity contribution in [2.45, 2.75) is 46.1 Å². The summed E-state index contributed by atoms with van der Waals surface area (Å²) in [7, 11) is 0. The van der Waals surface area contributed by atoms with Crippen LogP contribution in [0.2, 0.25) is 0 Å². The maximum Gasteiger partial charge on any atom is 0.307 e. The Labute approximate surface area is 120 Å². The van der Waals surface area contributed by atoms with Gasteiger partial charge in [-0.2, -0.15) is 0 Å². The van der Waals surface area contributed by atoms with Crippen LogP contribution in [0.3, 0.4) is 0 Å². The van der Waals surface area contributed by atoms with Crippen LogP contribution in [0.4, 0.5) is 0 Å². The number of aliphatic carboxylic acids is 1. The second-order valence-corrected chi connectivity index (χ2v) is 6.43. The molecule has 1 amide bonds. The first-order valence-corrected chi connectivity index (χ1v) is 7.06. The van der Waals surface area contributed by atoms with E-state index in [0.717, 1.165) is 0 Å². The lowest BCUT2D eigenvalue weighted by Crippen LogP contribution is -2.48. The van der Waals surface area contributed by atoms with E-state index >= 15 is 0 Å². The van der Waals surface area contributed by atoms with Crippen LogP contribution in [0, 0.1) is 17.3 Å². The van der Waals surface area contributed by atoms with Gasteiger partial charge in [-0.25, -0.2) is 0 Å². The predicted octanol–water partition coefficient (Wildman–Crippen LogP) is 1.57. The second-order valence-electron chi connectivity index (χ2n) is 6.43. The average molecular weight is 283 g/mol. The molecule has 3 N–H and O–H groups in total. The van der Waals surface area contributed by atoms with Crippen molar-refractivity contribution in [1.29, 1.82) is 0 Å². The molecule has 0 saturated carbocycles. The summed E-state index contributed by atoms with van der Waals surface area (Å²) >= 11 is 0. The molecule has 0 saturated heterocycles. The number of carboxylic acid groups (broad SMARTS) is 1. The highest BCUT2D eigenvalue weighted by Crippen LogP contribution is 2.28. The van der Waals surface area contributed by atoms with E-state index in [1.165, 1.54) is 0 Å². The van der Waals surface area contributed by atoms with Gasteiger partial charge in [0.2, 0.25) is 5.91 Å². The molecule has 0 aromatic heterocycles. The van der Waals surface area contributed by atoms with Crippen molar-refractivity contribution in [1.82, 2.24) is 5.32 Å². The zero-order valence-electron chi connectivity index (χ0n) is 12.4. The molecule has 0 fully saturated rings. The van der Waals surface area contributed by atoms with Gasteiger partial charge in [0, 0.05) is 12.6 Å². The molecule has 0 heterocycles. The standard InChI is InChI=1S/C15H25NO4/c1-15(2,3)12(8-9-17)16-13(18)10-6-4-5-7-11(10)14(19)20/h4-5,10-12,17H,6-9H2,1-3H3,(H,16,18)(H,19,20). The van der Waals surface area contributed by atoms with Gasteiger partial charge in [-0.15, -0.1) is 0 Å². The van der Waals surface area contributed by atoms with Crippen LogP contribution >= 0.6 is 0 Å². The van der Waals surface area contributed by atoms with Gasteiger partial charge < -0.3 is 15.5 Å². The van der Waals surface area contributed by atoms with Crippen molar-refractivity contribution in [2.75, 3.05) is 6.61 Å². The third kappa shape index (κ3) is 4.34. The van der Waals surface area contributed by atoms with Gasteiger partial charge in [-0.05, 0) is 24.7 Å². The first kappa shape index (κ1) is 16.7. The first-order chi connectivity index (χ1) is 9.27. The molecule has 5 nitrogen and oxygen atoms in total. The fraction of sp³-hybridized carbons (Fsp3) is 0.733. The molecule has 0 aromatic carbocycles. The van der Waals surface area contributed by atoms with Crippen LogP contribution in [0.1, 0.15) is 40.0 Å². The summed E-state index contributed by atoms with van der Waals surface area (Å²) < 4.78 is 0. The Morgan fingerprint density at radius 2 is 1.80 bits per heavy atom. The smallest absolute Gasteiger partial charge is 0.307 e. The van der Waals surface area contributed by atoms with E-state index in [2.05, 4.69) is 5.32 Å². The molecule has 0 bridgehead atoms. The van der Waals surface area contributed by atoms with E-state index < -0.39 is 17.8 Å². The van der Waals surface area contributed by atoms with Gasteiger partial charge in [-0.3, -0.25) is 9.59 Å². The largest absolute Gasteiger partial charge is 0.481 e. The predicted molar refractivity (Wildman–Crippen MR) is 76.1 cm³/mol. The summed E-state index contributed by atoms with van der Waals surface area (Å²) in [5, 5.41) is 21.2. The van der Waals surface area contributed by atoms with Crippen LogP contribution < -0.4 is 5.32 Å². The fourth-order valence-electron chi connectivity index (χ4n) is 2.51. The molecule has 3 atom stereocenters. The van der Waals surface area contributed by atoms with Crippen molar-refractivity contribution in [2.24, 2.45) is 17.3 Å². The summed E-state index contributed by atoms with van der Waals surface area (Å²) in [5.74, 6) is -2.34. The molecule has 0 radical (unpaired) electrons. The molecule has 0 spiro atoms. The lowest BCUT2D eigenvalue weighted by atomic mass is 9.80. The minimum Gasteiger partial charge on any atom is -0.481 e. The van der Waals surface area contributed by atoms with Gasteiger partial charge in [0.15, 0.2) is 0 Å². The molecule has 3 unspecified atom stereocenters. The normalized spacial score (nSPS) is 24.2. The summed E-state index contributed by atoms with van der Waals surface area (Å²) in [6.45, 7) is 5.96. The zero-order valence-corrected chi connectivity index (χ0v) is 12.4. The molecular weight excluding hydrogens is 258 g/mol. The molecule has 5 heteroatoms. The highest BCUT2D eigenvalue weighted by Gasteiger charge is 2.36. The molecule has 1 aliphatic carbocycles. The van der Waals surface area contributed by atoms with E-state index in [4.69, 9.17) is 5.11 Å². The van der Waals surface area contributed by atoms with Crippen molar-refractivity contribution in [3.63, 3.8) is 0 Å². The molecule has 20 heavy (non-hydrogen) atoms. The molecular formula is C15H25NO4. The van der Waals surface area contributed by atoms with Gasteiger partial charge in [0.1, 0.15) is 0 Å². The Balaban J connectivity index is 2.77. The number of amides is 1. The van der Waals surface area contributed by atoms with Crippen molar-refractivity contribution < 1.29 is 19.8 Å². The maximum atomic E-state index is 12.4. The SMILES string of the molecule is CC(C)(C)C(CCO)NC(=O)C1CC=CCC1C(=O)O. The van der Waals surface area contributed by atoms with E-state index in [-0.39, 0.29) is 24.0 Å². The molecule has 0 aliphatic heterocycles. The summed E-state index contributed by atoms with van der Waals surface area (Å²) in [6.07, 6.45) is 5.00. The summed E-state index contributed by atoms with van der Waals surface area (Å²) in [5.41, 5.74) is -0.179. The van der Waals surface area contributed by atoms with Gasteiger partial charge in [0.25, 0.3) is 0 Å². The van der Waals surface area contributed by atoms with Crippen LogP contribution in [0.15, 0.2) is 12.2 Å². The monoisotopic (exact) mass is 283 g/mol. The number of carboxylic acids is 1. The number of hydrogen-bond donors (Lipinski definition) is 3. The summed E-state index contributed by atoms with van der Waals surface area (Å²) in [4.78, 5) is 23.6. The van der Waals surface area contributed by atoms with Crippen LogP contribution in [0.25, 0.3) is 0 Å². The Hall–Kier alpha value is -1.36. The topological polar surface area (TPSA) is 86.6 Å². The Morgan fingerprint density at radius 1 is 1.25 bits per heavy atom. The quantitative estimate of drug-likeness (QED) is 0.668. The number of rotatable bonds is 5. The molecule has 0 aromatic rings. The number of allylic oxidation sites excluding steroid dienone is 2. The number of aliphatic hydroxyl groups is 1. The van der Waals surface area contributed by atoms with Crippen molar-refractivity contribution in [3.8, 4) is 0 Å².